The molecule has 0 saturated heterocycles. The molecule has 0 unspecified atom stereocenters. The van der Waals surface area contributed by atoms with Crippen molar-refractivity contribution < 1.29 is 9.90 Å². The highest BCUT2D eigenvalue weighted by atomic mass is 16.3. The summed E-state index contributed by atoms with van der Waals surface area (Å²) in [6, 6.07) is 0. The molecule has 3 nitrogen and oxygen atoms in total. The molecule has 0 saturated carbocycles. The van der Waals surface area contributed by atoms with E-state index in [0.29, 0.717) is 0 Å². The van der Waals surface area contributed by atoms with Crippen LogP contribution >= 0.6 is 0 Å². The SMILES string of the molecule is O=C1CNC=C1O. The normalized spacial score (nSPS) is 18.9. The van der Waals surface area contributed by atoms with Crippen LogP contribution < -0.4 is 5.32 Å². The third kappa shape index (κ3) is 0.559. The fourth-order valence-electron chi connectivity index (χ4n) is 0.411. The number of carbonyl (C=O) groups is 1. The van der Waals surface area contributed by atoms with Crippen molar-refractivity contribution in [3.8, 4) is 0 Å². The van der Waals surface area contributed by atoms with Crippen LogP contribution in [0.2, 0.25) is 0 Å². The number of hydrogen-bond acceptors (Lipinski definition) is 3. The Hall–Kier alpha value is -0.990. The number of aliphatic hydroxyl groups excluding tert-OH is 1. The first-order valence-corrected chi connectivity index (χ1v) is 1.96. The van der Waals surface area contributed by atoms with Crippen molar-refractivity contribution in [1.82, 2.24) is 5.32 Å². The minimum Gasteiger partial charge on any atom is -0.503 e. The number of rotatable bonds is 0. The Labute approximate surface area is 40.6 Å². The standard InChI is InChI=1S/C4H5NO2/c6-3-1-5-2-4(3)7/h1,5-6H,2H2. The van der Waals surface area contributed by atoms with Crippen molar-refractivity contribution in [3.05, 3.63) is 12.0 Å². The van der Waals surface area contributed by atoms with Gasteiger partial charge in [0, 0.05) is 6.20 Å². The van der Waals surface area contributed by atoms with E-state index in [1.807, 2.05) is 0 Å². The molecule has 0 aromatic carbocycles. The fourth-order valence-corrected chi connectivity index (χ4v) is 0.411. The Kier molecular flexibility index (Phi) is 0.749. The summed E-state index contributed by atoms with van der Waals surface area (Å²) >= 11 is 0. The smallest absolute Gasteiger partial charge is 0.217 e. The summed E-state index contributed by atoms with van der Waals surface area (Å²) in [4.78, 5) is 10.2. The molecule has 3 heteroatoms. The summed E-state index contributed by atoms with van der Waals surface area (Å²) in [5.41, 5.74) is 0. The third-order valence-corrected chi connectivity index (χ3v) is 0.787. The molecule has 0 aromatic heterocycles. The molecule has 0 aliphatic carbocycles. The van der Waals surface area contributed by atoms with Crippen LogP contribution in [0.25, 0.3) is 0 Å². The molecule has 0 atom stereocenters. The molecule has 1 rings (SSSR count). The number of hydrogen-bond donors (Lipinski definition) is 2. The van der Waals surface area contributed by atoms with Crippen LogP contribution in [0.15, 0.2) is 12.0 Å². The summed E-state index contributed by atoms with van der Waals surface area (Å²) in [7, 11) is 0. The van der Waals surface area contributed by atoms with Crippen molar-refractivity contribution in [3.63, 3.8) is 0 Å². The van der Waals surface area contributed by atoms with E-state index in [4.69, 9.17) is 5.11 Å². The highest BCUT2D eigenvalue weighted by Crippen LogP contribution is 1.92. The van der Waals surface area contributed by atoms with E-state index in [0.717, 1.165) is 0 Å². The number of ketones is 1. The Balaban J connectivity index is 2.72. The van der Waals surface area contributed by atoms with Gasteiger partial charge in [0.15, 0.2) is 5.76 Å². The first-order valence-electron chi connectivity index (χ1n) is 1.96. The predicted molar refractivity (Wildman–Crippen MR) is 23.7 cm³/mol. The van der Waals surface area contributed by atoms with Crippen LogP contribution in [0, 0.1) is 0 Å². The summed E-state index contributed by atoms with van der Waals surface area (Å²) in [5, 5.41) is 11.0. The molecule has 7 heavy (non-hydrogen) atoms. The van der Waals surface area contributed by atoms with E-state index in [-0.39, 0.29) is 18.1 Å². The second-order valence-corrected chi connectivity index (χ2v) is 1.33. The molecule has 0 bridgehead atoms. The lowest BCUT2D eigenvalue weighted by Crippen LogP contribution is -2.08. The molecule has 0 amide bonds. The second-order valence-electron chi connectivity index (χ2n) is 1.33. The maximum atomic E-state index is 10.2. The average molecular weight is 99.1 g/mol. The third-order valence-electron chi connectivity index (χ3n) is 0.787. The van der Waals surface area contributed by atoms with E-state index in [2.05, 4.69) is 5.32 Å². The molecule has 1 aliphatic rings. The molecule has 0 fully saturated rings. The molecule has 38 valence electrons. The fraction of sp³-hybridized carbons (Fsp3) is 0.250. The summed E-state index contributed by atoms with van der Waals surface area (Å²) in [6.07, 6.45) is 1.29. The quantitative estimate of drug-likeness (QED) is 0.432. The van der Waals surface area contributed by atoms with Crippen molar-refractivity contribution in [2.75, 3.05) is 6.54 Å². The van der Waals surface area contributed by atoms with Gasteiger partial charge in [0.25, 0.3) is 0 Å². The van der Waals surface area contributed by atoms with E-state index in [9.17, 15) is 4.79 Å². The highest BCUT2D eigenvalue weighted by Gasteiger charge is 2.10. The van der Waals surface area contributed by atoms with Gasteiger partial charge in [-0.2, -0.15) is 0 Å². The number of Topliss-reactive ketones (excluding diaryl/α,β-unsaturated/α-hetero) is 1. The van der Waals surface area contributed by atoms with Crippen LogP contribution in [0.5, 0.6) is 0 Å². The van der Waals surface area contributed by atoms with E-state index < -0.39 is 0 Å². The first-order chi connectivity index (χ1) is 3.30. The lowest BCUT2D eigenvalue weighted by molar-refractivity contribution is -0.116. The highest BCUT2D eigenvalue weighted by molar-refractivity contribution is 5.96. The molecule has 2 N–H and O–H groups in total. The van der Waals surface area contributed by atoms with Gasteiger partial charge in [-0.05, 0) is 0 Å². The maximum absolute atomic E-state index is 10.2. The summed E-state index contributed by atoms with van der Waals surface area (Å²) in [5.74, 6) is -0.403. The van der Waals surface area contributed by atoms with Gasteiger partial charge in [-0.25, -0.2) is 0 Å². The minimum atomic E-state index is -0.236. The largest absolute Gasteiger partial charge is 0.503 e. The van der Waals surface area contributed by atoms with Gasteiger partial charge < -0.3 is 10.4 Å². The van der Waals surface area contributed by atoms with E-state index >= 15 is 0 Å². The summed E-state index contributed by atoms with van der Waals surface area (Å²) < 4.78 is 0. The van der Waals surface area contributed by atoms with E-state index in [1.165, 1.54) is 6.20 Å². The monoisotopic (exact) mass is 99.0 g/mol. The minimum absolute atomic E-state index is 0.167. The first kappa shape index (κ1) is 4.18. The zero-order valence-corrected chi connectivity index (χ0v) is 3.64. The van der Waals surface area contributed by atoms with Crippen molar-refractivity contribution >= 4 is 5.78 Å². The van der Waals surface area contributed by atoms with Crippen LogP contribution in [-0.4, -0.2) is 17.4 Å². The Morgan fingerprint density at radius 1 is 1.86 bits per heavy atom. The Bertz CT molecular complexity index is 128. The van der Waals surface area contributed by atoms with Gasteiger partial charge in [-0.15, -0.1) is 0 Å². The number of carbonyl (C=O) groups excluding carboxylic acids is 1. The number of aliphatic hydroxyl groups is 1. The number of nitrogens with one attached hydrogen (secondary N) is 1. The van der Waals surface area contributed by atoms with Crippen LogP contribution in [0.4, 0.5) is 0 Å². The van der Waals surface area contributed by atoms with Crippen LogP contribution in [0.3, 0.4) is 0 Å². The molecule has 1 heterocycles. The lowest BCUT2D eigenvalue weighted by atomic mass is 10.4. The second kappa shape index (κ2) is 1.26. The lowest BCUT2D eigenvalue weighted by Gasteiger charge is -1.80. The zero-order chi connectivity index (χ0) is 5.28. The molecule has 0 aromatic rings. The predicted octanol–water partition coefficient (Wildman–Crippen LogP) is -0.442. The van der Waals surface area contributed by atoms with Gasteiger partial charge in [0.1, 0.15) is 0 Å². The van der Waals surface area contributed by atoms with Gasteiger partial charge in [-0.1, -0.05) is 0 Å². The van der Waals surface area contributed by atoms with Gasteiger partial charge in [0.2, 0.25) is 5.78 Å². The van der Waals surface area contributed by atoms with E-state index in [1.54, 1.807) is 0 Å². The average Bonchev–Trinajstić information content (AvgIpc) is 1.91. The maximum Gasteiger partial charge on any atom is 0.217 e. The van der Waals surface area contributed by atoms with Crippen molar-refractivity contribution in [1.29, 1.82) is 0 Å². The van der Waals surface area contributed by atoms with Gasteiger partial charge in [-0.3, -0.25) is 4.79 Å². The molecule has 0 radical (unpaired) electrons. The Morgan fingerprint density at radius 2 is 2.57 bits per heavy atom. The van der Waals surface area contributed by atoms with Crippen molar-refractivity contribution in [2.24, 2.45) is 0 Å². The summed E-state index contributed by atoms with van der Waals surface area (Å²) in [6.45, 7) is 0.242. The van der Waals surface area contributed by atoms with Gasteiger partial charge >= 0.3 is 0 Å². The molecule has 0 spiro atoms. The Morgan fingerprint density at radius 3 is 2.71 bits per heavy atom. The molecular weight excluding hydrogens is 94.0 g/mol. The van der Waals surface area contributed by atoms with Crippen molar-refractivity contribution in [2.45, 2.75) is 0 Å². The molecular formula is C4H5NO2. The molecule has 1 aliphatic heterocycles. The van der Waals surface area contributed by atoms with Gasteiger partial charge in [0.05, 0.1) is 6.54 Å². The topological polar surface area (TPSA) is 49.3 Å². The zero-order valence-electron chi connectivity index (χ0n) is 3.64. The van der Waals surface area contributed by atoms with Crippen LogP contribution in [0.1, 0.15) is 0 Å². The van der Waals surface area contributed by atoms with Crippen LogP contribution in [-0.2, 0) is 4.79 Å².